The lowest BCUT2D eigenvalue weighted by atomic mass is 10.1. The fourth-order valence-electron chi connectivity index (χ4n) is 1.22. The Labute approximate surface area is 90.7 Å². The minimum Gasteiger partial charge on any atom is -0.366 e. The zero-order valence-corrected chi connectivity index (χ0v) is 9.29. The van der Waals surface area contributed by atoms with Crippen molar-refractivity contribution in [3.05, 3.63) is 35.4 Å². The summed E-state index contributed by atoms with van der Waals surface area (Å²) in [4.78, 5) is 10.8. The maximum atomic E-state index is 10.8. The number of primary amides is 1. The largest absolute Gasteiger partial charge is 0.366 e. The Morgan fingerprint density at radius 3 is 2.47 bits per heavy atom. The van der Waals surface area contributed by atoms with Gasteiger partial charge in [-0.3, -0.25) is 4.79 Å². The topological polar surface area (TPSA) is 55.1 Å². The Balaban J connectivity index is 2.53. The molecule has 1 atom stereocenters. The number of carbonyl (C=O) groups excluding carboxylic acids is 1. The second-order valence-corrected chi connectivity index (χ2v) is 3.75. The molecule has 3 nitrogen and oxygen atoms in total. The molecule has 0 aliphatic heterocycles. The summed E-state index contributed by atoms with van der Waals surface area (Å²) in [7, 11) is 0. The molecule has 0 aliphatic carbocycles. The average molecular weight is 206 g/mol. The van der Waals surface area contributed by atoms with Gasteiger partial charge in [-0.05, 0) is 31.0 Å². The molecular weight excluding hydrogens is 188 g/mol. The van der Waals surface area contributed by atoms with Gasteiger partial charge in [-0.25, -0.2) is 0 Å². The second kappa shape index (κ2) is 5.51. The molecule has 0 spiro atoms. The van der Waals surface area contributed by atoms with Gasteiger partial charge in [0.2, 0.25) is 5.91 Å². The van der Waals surface area contributed by atoms with E-state index in [4.69, 9.17) is 5.73 Å². The molecule has 0 radical (unpaired) electrons. The molecule has 1 aromatic rings. The smallest absolute Gasteiger partial charge is 0.248 e. The van der Waals surface area contributed by atoms with Gasteiger partial charge in [0.1, 0.15) is 0 Å². The first-order valence-corrected chi connectivity index (χ1v) is 5.25. The standard InChI is InChI=1S/C12H18N2O/c1-3-9(2)14-8-10-4-6-11(7-5-10)12(13)15/h4-7,9,14H,3,8H2,1-2H3,(H2,13,15). The number of carbonyl (C=O) groups is 1. The van der Waals surface area contributed by atoms with E-state index in [1.165, 1.54) is 5.56 Å². The van der Waals surface area contributed by atoms with E-state index in [2.05, 4.69) is 19.2 Å². The van der Waals surface area contributed by atoms with E-state index >= 15 is 0 Å². The van der Waals surface area contributed by atoms with Crippen molar-refractivity contribution in [1.82, 2.24) is 5.32 Å². The predicted molar refractivity (Wildman–Crippen MR) is 61.6 cm³/mol. The Morgan fingerprint density at radius 2 is 2.00 bits per heavy atom. The maximum absolute atomic E-state index is 10.8. The van der Waals surface area contributed by atoms with Crippen molar-refractivity contribution in [1.29, 1.82) is 0 Å². The molecule has 1 amide bonds. The summed E-state index contributed by atoms with van der Waals surface area (Å²) >= 11 is 0. The monoisotopic (exact) mass is 206 g/mol. The molecule has 0 aliphatic rings. The van der Waals surface area contributed by atoms with Crippen LogP contribution in [0.1, 0.15) is 36.2 Å². The third kappa shape index (κ3) is 3.72. The van der Waals surface area contributed by atoms with Crippen molar-refractivity contribution >= 4 is 5.91 Å². The summed E-state index contributed by atoms with van der Waals surface area (Å²) < 4.78 is 0. The highest BCUT2D eigenvalue weighted by Crippen LogP contribution is 2.04. The number of nitrogens with one attached hydrogen (secondary N) is 1. The van der Waals surface area contributed by atoms with Gasteiger partial charge in [-0.2, -0.15) is 0 Å². The molecule has 3 N–H and O–H groups in total. The van der Waals surface area contributed by atoms with Crippen LogP contribution in [0.5, 0.6) is 0 Å². The number of hydrogen-bond donors (Lipinski definition) is 2. The van der Waals surface area contributed by atoms with Crippen LogP contribution in [0.3, 0.4) is 0 Å². The van der Waals surface area contributed by atoms with Crippen molar-refractivity contribution in [3.8, 4) is 0 Å². The average Bonchev–Trinajstić information content (AvgIpc) is 2.26. The maximum Gasteiger partial charge on any atom is 0.248 e. The minimum absolute atomic E-state index is 0.378. The summed E-state index contributed by atoms with van der Waals surface area (Å²) in [5.41, 5.74) is 6.88. The van der Waals surface area contributed by atoms with Gasteiger partial charge >= 0.3 is 0 Å². The third-order valence-corrected chi connectivity index (χ3v) is 2.51. The van der Waals surface area contributed by atoms with E-state index in [0.717, 1.165) is 13.0 Å². The van der Waals surface area contributed by atoms with Crippen LogP contribution in [0, 0.1) is 0 Å². The van der Waals surface area contributed by atoms with Crippen LogP contribution >= 0.6 is 0 Å². The third-order valence-electron chi connectivity index (χ3n) is 2.51. The molecule has 1 unspecified atom stereocenters. The van der Waals surface area contributed by atoms with Crippen LogP contribution in [-0.4, -0.2) is 11.9 Å². The zero-order valence-electron chi connectivity index (χ0n) is 9.29. The van der Waals surface area contributed by atoms with E-state index in [1.54, 1.807) is 12.1 Å². The van der Waals surface area contributed by atoms with E-state index < -0.39 is 0 Å². The van der Waals surface area contributed by atoms with Crippen molar-refractivity contribution < 1.29 is 4.79 Å². The summed E-state index contributed by atoms with van der Waals surface area (Å²) in [5, 5.41) is 3.38. The Kier molecular flexibility index (Phi) is 4.31. The number of amides is 1. The van der Waals surface area contributed by atoms with Crippen molar-refractivity contribution in [2.75, 3.05) is 0 Å². The molecule has 0 fully saturated rings. The number of rotatable bonds is 5. The van der Waals surface area contributed by atoms with Gasteiger partial charge < -0.3 is 11.1 Å². The number of hydrogen-bond acceptors (Lipinski definition) is 2. The van der Waals surface area contributed by atoms with E-state index in [1.807, 2.05) is 12.1 Å². The van der Waals surface area contributed by atoms with Gasteiger partial charge in [0, 0.05) is 18.2 Å². The zero-order chi connectivity index (χ0) is 11.3. The Hall–Kier alpha value is -1.35. The summed E-state index contributed by atoms with van der Waals surface area (Å²) in [6, 6.07) is 7.89. The molecule has 0 heterocycles. The van der Waals surface area contributed by atoms with E-state index in [9.17, 15) is 4.79 Å². The molecule has 1 aromatic carbocycles. The second-order valence-electron chi connectivity index (χ2n) is 3.75. The SMILES string of the molecule is CCC(C)NCc1ccc(C(N)=O)cc1. The van der Waals surface area contributed by atoms with Crippen LogP contribution in [0.25, 0.3) is 0 Å². The first-order valence-electron chi connectivity index (χ1n) is 5.25. The van der Waals surface area contributed by atoms with Gasteiger partial charge in [-0.15, -0.1) is 0 Å². The first kappa shape index (κ1) is 11.7. The van der Waals surface area contributed by atoms with Crippen LogP contribution < -0.4 is 11.1 Å². The summed E-state index contributed by atoms with van der Waals surface area (Å²) in [6.07, 6.45) is 1.11. The summed E-state index contributed by atoms with van der Waals surface area (Å²) in [5.74, 6) is -0.378. The Bertz CT molecular complexity index is 319. The van der Waals surface area contributed by atoms with E-state index in [-0.39, 0.29) is 5.91 Å². The molecule has 0 saturated heterocycles. The van der Waals surface area contributed by atoms with Crippen molar-refractivity contribution in [2.24, 2.45) is 5.73 Å². The number of nitrogens with two attached hydrogens (primary N) is 1. The normalized spacial score (nSPS) is 12.4. The van der Waals surface area contributed by atoms with Gasteiger partial charge in [0.15, 0.2) is 0 Å². The van der Waals surface area contributed by atoms with Crippen LogP contribution in [0.4, 0.5) is 0 Å². The summed E-state index contributed by atoms with van der Waals surface area (Å²) in [6.45, 7) is 5.12. The van der Waals surface area contributed by atoms with Crippen molar-refractivity contribution in [2.45, 2.75) is 32.9 Å². The fourth-order valence-corrected chi connectivity index (χ4v) is 1.22. The molecule has 15 heavy (non-hydrogen) atoms. The highest BCUT2D eigenvalue weighted by Gasteiger charge is 2.01. The lowest BCUT2D eigenvalue weighted by molar-refractivity contribution is 0.100. The first-order chi connectivity index (χ1) is 7.13. The van der Waals surface area contributed by atoms with Crippen LogP contribution in [0.15, 0.2) is 24.3 Å². The van der Waals surface area contributed by atoms with Crippen LogP contribution in [0.2, 0.25) is 0 Å². The van der Waals surface area contributed by atoms with Crippen molar-refractivity contribution in [3.63, 3.8) is 0 Å². The molecular formula is C12H18N2O. The molecule has 0 bridgehead atoms. The predicted octanol–water partition coefficient (Wildman–Crippen LogP) is 1.67. The highest BCUT2D eigenvalue weighted by molar-refractivity contribution is 5.92. The van der Waals surface area contributed by atoms with Gasteiger partial charge in [0.05, 0.1) is 0 Å². The fraction of sp³-hybridized carbons (Fsp3) is 0.417. The lowest BCUT2D eigenvalue weighted by Crippen LogP contribution is -2.24. The van der Waals surface area contributed by atoms with Crippen LogP contribution in [-0.2, 0) is 6.54 Å². The molecule has 0 aromatic heterocycles. The Morgan fingerprint density at radius 1 is 1.40 bits per heavy atom. The quantitative estimate of drug-likeness (QED) is 0.770. The molecule has 1 rings (SSSR count). The minimum atomic E-state index is -0.378. The van der Waals surface area contributed by atoms with E-state index in [0.29, 0.717) is 11.6 Å². The molecule has 3 heteroatoms. The molecule has 0 saturated carbocycles. The molecule has 82 valence electrons. The van der Waals surface area contributed by atoms with Gasteiger partial charge in [-0.1, -0.05) is 19.1 Å². The number of benzene rings is 1. The van der Waals surface area contributed by atoms with Gasteiger partial charge in [0.25, 0.3) is 0 Å². The highest BCUT2D eigenvalue weighted by atomic mass is 16.1. The lowest BCUT2D eigenvalue weighted by Gasteiger charge is -2.11.